The molecule has 0 spiro atoms. The molecule has 4 aromatic rings. The number of aromatic nitrogens is 3. The summed E-state index contributed by atoms with van der Waals surface area (Å²) in [4.78, 5) is 26.8. The Kier molecular flexibility index (Phi) is 4.83. The molecule has 2 aliphatic rings. The van der Waals surface area contributed by atoms with Gasteiger partial charge in [-0.25, -0.2) is 23.2 Å². The molecule has 1 amide bonds. The monoisotopic (exact) mass is 460 g/mol. The van der Waals surface area contributed by atoms with Crippen LogP contribution in [-0.2, 0) is 4.79 Å². The van der Waals surface area contributed by atoms with E-state index in [1.54, 1.807) is 24.3 Å². The number of nitrogens with zero attached hydrogens (tertiary/aromatic N) is 3. The number of amides is 1. The van der Waals surface area contributed by atoms with Gasteiger partial charge in [0, 0.05) is 24.9 Å². The molecule has 2 fully saturated rings. The van der Waals surface area contributed by atoms with Gasteiger partial charge in [0.1, 0.15) is 17.5 Å². The molecular formula is C26H22F2N4O2. The highest BCUT2D eigenvalue weighted by Gasteiger charge is 2.38. The number of nitrogens with one attached hydrogen (secondary N) is 1. The van der Waals surface area contributed by atoms with E-state index in [9.17, 15) is 14.0 Å². The summed E-state index contributed by atoms with van der Waals surface area (Å²) in [6.07, 6.45) is 2.57. The molecule has 1 aromatic heterocycles. The van der Waals surface area contributed by atoms with Crippen LogP contribution in [0.3, 0.4) is 0 Å². The summed E-state index contributed by atoms with van der Waals surface area (Å²) in [5, 5.41) is 8.24. The Morgan fingerprint density at radius 1 is 0.941 bits per heavy atom. The predicted octanol–water partition coefficient (Wildman–Crippen LogP) is 4.38. The average Bonchev–Trinajstić information content (AvgIpc) is 3.45. The van der Waals surface area contributed by atoms with Crippen molar-refractivity contribution in [3.8, 4) is 16.8 Å². The SMILES string of the molecule is O=C(C1CC1)N1CCC(c2n[nH]c(=O)n2-c2ccc(-c3ccc4cc(F)ccc4c3)cc2F)C1. The number of carbonyl (C=O) groups is 1. The maximum Gasteiger partial charge on any atom is 0.348 e. The lowest BCUT2D eigenvalue weighted by Gasteiger charge is -2.16. The molecule has 34 heavy (non-hydrogen) atoms. The molecule has 3 aromatic carbocycles. The maximum absolute atomic E-state index is 15.3. The standard InChI is InChI=1S/C26H22F2N4O2/c27-21-7-5-17-11-16(3-4-18(17)12-21)19-6-8-23(22(28)13-19)32-24(29-30-26(32)34)20-9-10-31(14-20)25(33)15-1-2-15/h3-8,11-13,15,20H,1-2,9-10,14H2,(H,30,34). The van der Waals surface area contributed by atoms with Crippen molar-refractivity contribution in [1.82, 2.24) is 19.7 Å². The number of hydrogen-bond donors (Lipinski definition) is 1. The second kappa shape index (κ2) is 7.90. The smallest absolute Gasteiger partial charge is 0.342 e. The molecule has 0 radical (unpaired) electrons. The van der Waals surface area contributed by atoms with Gasteiger partial charge in [-0.1, -0.05) is 24.3 Å². The Morgan fingerprint density at radius 3 is 2.47 bits per heavy atom. The number of benzene rings is 3. The number of rotatable bonds is 4. The third kappa shape index (κ3) is 3.59. The summed E-state index contributed by atoms with van der Waals surface area (Å²) < 4.78 is 30.1. The lowest BCUT2D eigenvalue weighted by molar-refractivity contribution is -0.131. The first kappa shape index (κ1) is 20.8. The third-order valence-electron chi connectivity index (χ3n) is 6.81. The number of likely N-dealkylation sites (tertiary alicyclic amines) is 1. The summed E-state index contributed by atoms with van der Waals surface area (Å²) in [7, 11) is 0. The first-order valence-electron chi connectivity index (χ1n) is 11.4. The number of halogens is 2. The Morgan fingerprint density at radius 2 is 1.68 bits per heavy atom. The summed E-state index contributed by atoms with van der Waals surface area (Å²) >= 11 is 0. The van der Waals surface area contributed by atoms with E-state index in [1.165, 1.54) is 22.8 Å². The number of carbonyl (C=O) groups excluding carboxylic acids is 1. The Bertz CT molecular complexity index is 1490. The fourth-order valence-corrected chi connectivity index (χ4v) is 4.84. The van der Waals surface area contributed by atoms with Gasteiger partial charge in [-0.3, -0.25) is 4.79 Å². The van der Waals surface area contributed by atoms with Crippen molar-refractivity contribution in [2.45, 2.75) is 25.2 Å². The molecule has 0 bridgehead atoms. The minimum atomic E-state index is -0.551. The molecule has 1 aliphatic carbocycles. The van der Waals surface area contributed by atoms with E-state index in [4.69, 9.17) is 0 Å². The van der Waals surface area contributed by atoms with E-state index in [-0.39, 0.29) is 29.2 Å². The van der Waals surface area contributed by atoms with Crippen molar-refractivity contribution in [3.05, 3.63) is 82.5 Å². The highest BCUT2D eigenvalue weighted by molar-refractivity contribution is 5.87. The molecule has 1 unspecified atom stereocenters. The van der Waals surface area contributed by atoms with Gasteiger partial charge in [-0.05, 0) is 71.5 Å². The Hall–Kier alpha value is -3.81. The summed E-state index contributed by atoms with van der Waals surface area (Å²) in [6.45, 7) is 1.10. The first-order chi connectivity index (χ1) is 16.5. The second-order valence-electron chi connectivity index (χ2n) is 9.14. The van der Waals surface area contributed by atoms with Crippen molar-refractivity contribution >= 4 is 16.7 Å². The average molecular weight is 460 g/mol. The number of aromatic amines is 1. The maximum atomic E-state index is 15.3. The Balaban J connectivity index is 1.32. The van der Waals surface area contributed by atoms with Crippen LogP contribution in [0.25, 0.3) is 27.6 Å². The van der Waals surface area contributed by atoms with Gasteiger partial charge in [0.05, 0.1) is 5.69 Å². The fourth-order valence-electron chi connectivity index (χ4n) is 4.84. The molecule has 6 rings (SSSR count). The van der Waals surface area contributed by atoms with E-state index >= 15 is 4.39 Å². The van der Waals surface area contributed by atoms with Crippen molar-refractivity contribution in [1.29, 1.82) is 0 Å². The molecule has 1 saturated carbocycles. The quantitative estimate of drug-likeness (QED) is 0.491. The lowest BCUT2D eigenvalue weighted by Crippen LogP contribution is -2.30. The van der Waals surface area contributed by atoms with E-state index < -0.39 is 11.5 Å². The fraction of sp³-hybridized carbons (Fsp3) is 0.269. The van der Waals surface area contributed by atoms with Crippen molar-refractivity contribution in [2.24, 2.45) is 5.92 Å². The van der Waals surface area contributed by atoms with E-state index in [2.05, 4.69) is 10.2 Å². The molecule has 6 nitrogen and oxygen atoms in total. The highest BCUT2D eigenvalue weighted by Crippen LogP contribution is 2.35. The van der Waals surface area contributed by atoms with Crippen LogP contribution < -0.4 is 5.69 Å². The Labute approximate surface area is 193 Å². The number of hydrogen-bond acceptors (Lipinski definition) is 3. The van der Waals surface area contributed by atoms with Gasteiger partial charge in [0.2, 0.25) is 5.91 Å². The third-order valence-corrected chi connectivity index (χ3v) is 6.81. The van der Waals surface area contributed by atoms with Crippen LogP contribution in [0.2, 0.25) is 0 Å². The van der Waals surface area contributed by atoms with E-state index in [1.807, 2.05) is 17.0 Å². The van der Waals surface area contributed by atoms with Gasteiger partial charge in [0.15, 0.2) is 0 Å². The van der Waals surface area contributed by atoms with Gasteiger partial charge < -0.3 is 4.90 Å². The molecule has 172 valence electrons. The zero-order valence-electron chi connectivity index (χ0n) is 18.3. The van der Waals surface area contributed by atoms with Crippen LogP contribution in [0.1, 0.15) is 31.0 Å². The zero-order chi connectivity index (χ0) is 23.4. The van der Waals surface area contributed by atoms with Crippen molar-refractivity contribution < 1.29 is 13.6 Å². The van der Waals surface area contributed by atoms with E-state index in [0.717, 1.165) is 29.2 Å². The molecule has 2 heterocycles. The van der Waals surface area contributed by atoms with Crippen molar-refractivity contribution in [2.75, 3.05) is 13.1 Å². The van der Waals surface area contributed by atoms with Crippen LogP contribution >= 0.6 is 0 Å². The molecule has 8 heteroatoms. The van der Waals surface area contributed by atoms with Crippen LogP contribution in [0.5, 0.6) is 0 Å². The first-order valence-corrected chi connectivity index (χ1v) is 11.4. The molecule has 1 saturated heterocycles. The summed E-state index contributed by atoms with van der Waals surface area (Å²) in [5.41, 5.74) is 1.04. The molecule has 1 N–H and O–H groups in total. The van der Waals surface area contributed by atoms with Gasteiger partial charge in [-0.15, -0.1) is 0 Å². The summed E-state index contributed by atoms with van der Waals surface area (Å²) in [6, 6.07) is 14.7. The van der Waals surface area contributed by atoms with Crippen molar-refractivity contribution in [3.63, 3.8) is 0 Å². The van der Waals surface area contributed by atoms with Crippen LogP contribution in [0.4, 0.5) is 8.78 Å². The minimum absolute atomic E-state index is 0.118. The predicted molar refractivity (Wildman–Crippen MR) is 124 cm³/mol. The normalized spacial score (nSPS) is 18.1. The van der Waals surface area contributed by atoms with E-state index in [0.29, 0.717) is 30.9 Å². The topological polar surface area (TPSA) is 71.0 Å². The molecule has 1 atom stereocenters. The second-order valence-corrected chi connectivity index (χ2v) is 9.14. The lowest BCUT2D eigenvalue weighted by atomic mass is 10.0. The molecule has 1 aliphatic heterocycles. The van der Waals surface area contributed by atoms with Gasteiger partial charge in [-0.2, -0.15) is 5.10 Å². The van der Waals surface area contributed by atoms with Crippen LogP contribution in [0.15, 0.2) is 59.4 Å². The van der Waals surface area contributed by atoms with Crippen LogP contribution in [-0.4, -0.2) is 38.7 Å². The molecular weight excluding hydrogens is 438 g/mol. The number of fused-ring (bicyclic) bond motifs is 1. The minimum Gasteiger partial charge on any atom is -0.342 e. The highest BCUT2D eigenvalue weighted by atomic mass is 19.1. The van der Waals surface area contributed by atoms with Crippen LogP contribution in [0, 0.1) is 17.6 Å². The largest absolute Gasteiger partial charge is 0.348 e. The summed E-state index contributed by atoms with van der Waals surface area (Å²) in [5.74, 6) is -0.249. The zero-order valence-corrected chi connectivity index (χ0v) is 18.3. The van der Waals surface area contributed by atoms with Gasteiger partial charge in [0.25, 0.3) is 0 Å². The van der Waals surface area contributed by atoms with Gasteiger partial charge >= 0.3 is 5.69 Å². The number of H-pyrrole nitrogens is 1.